The minimum absolute atomic E-state index is 0.217. The molecule has 2 aromatic rings. The first kappa shape index (κ1) is 21.6. The van der Waals surface area contributed by atoms with E-state index in [-0.39, 0.29) is 6.04 Å². The number of hydrogen-bond acceptors (Lipinski definition) is 5. The molecule has 1 aromatic carbocycles. The SMILES string of the molecule is CN=C(NCC(c1ccc(C)o1)N1CCCC1)N1CCc2cc(OC)c(OC)cc2C1. The number of likely N-dealkylation sites (tertiary alicyclic amines) is 1. The van der Waals surface area contributed by atoms with Crippen molar-refractivity contribution in [2.75, 3.05) is 47.4 Å². The second kappa shape index (κ2) is 9.64. The summed E-state index contributed by atoms with van der Waals surface area (Å²) in [5.74, 6) is 4.48. The highest BCUT2D eigenvalue weighted by molar-refractivity contribution is 5.80. The molecule has 1 fully saturated rings. The molecule has 7 heteroatoms. The Bertz CT molecular complexity index is 918. The van der Waals surface area contributed by atoms with Crippen molar-refractivity contribution in [3.63, 3.8) is 0 Å². The van der Waals surface area contributed by atoms with E-state index in [1.165, 1.54) is 24.0 Å². The van der Waals surface area contributed by atoms with E-state index < -0.39 is 0 Å². The number of methoxy groups -OCH3 is 2. The first-order chi connectivity index (χ1) is 15.1. The molecule has 0 saturated carbocycles. The second-order valence-corrected chi connectivity index (χ2v) is 8.28. The number of furan rings is 1. The number of fused-ring (bicyclic) bond motifs is 1. The van der Waals surface area contributed by atoms with Crippen molar-refractivity contribution in [1.82, 2.24) is 15.1 Å². The number of nitrogens with one attached hydrogen (secondary N) is 1. The number of aryl methyl sites for hydroxylation is 1. The van der Waals surface area contributed by atoms with Gasteiger partial charge in [0.2, 0.25) is 0 Å². The fraction of sp³-hybridized carbons (Fsp3) is 0.542. The number of guanidine groups is 1. The van der Waals surface area contributed by atoms with Crippen molar-refractivity contribution in [3.05, 3.63) is 46.9 Å². The van der Waals surface area contributed by atoms with Crippen LogP contribution >= 0.6 is 0 Å². The van der Waals surface area contributed by atoms with Crippen molar-refractivity contribution >= 4 is 5.96 Å². The number of hydrogen-bond donors (Lipinski definition) is 1. The van der Waals surface area contributed by atoms with Gasteiger partial charge >= 0.3 is 0 Å². The van der Waals surface area contributed by atoms with Gasteiger partial charge in [0.25, 0.3) is 0 Å². The highest BCUT2D eigenvalue weighted by Gasteiger charge is 2.27. The first-order valence-electron chi connectivity index (χ1n) is 11.1. The van der Waals surface area contributed by atoms with E-state index in [0.29, 0.717) is 0 Å². The molecule has 1 saturated heterocycles. The van der Waals surface area contributed by atoms with Crippen molar-refractivity contribution in [1.29, 1.82) is 0 Å². The molecular formula is C24H34N4O3. The Morgan fingerprint density at radius 1 is 1.10 bits per heavy atom. The quantitative estimate of drug-likeness (QED) is 0.564. The van der Waals surface area contributed by atoms with E-state index >= 15 is 0 Å². The maximum absolute atomic E-state index is 6.00. The fourth-order valence-electron chi connectivity index (χ4n) is 4.68. The molecule has 1 aromatic heterocycles. The zero-order chi connectivity index (χ0) is 21.8. The normalized spacial score (nSPS) is 18.1. The van der Waals surface area contributed by atoms with Crippen LogP contribution in [-0.4, -0.2) is 63.2 Å². The average Bonchev–Trinajstić information content (AvgIpc) is 3.47. The maximum Gasteiger partial charge on any atom is 0.194 e. The Kier molecular flexibility index (Phi) is 6.70. The molecule has 0 spiro atoms. The smallest absolute Gasteiger partial charge is 0.194 e. The third-order valence-electron chi connectivity index (χ3n) is 6.35. The predicted octanol–water partition coefficient (Wildman–Crippen LogP) is 3.38. The van der Waals surface area contributed by atoms with Crippen LogP contribution in [0.4, 0.5) is 0 Å². The number of ether oxygens (including phenoxy) is 2. The molecule has 0 bridgehead atoms. The van der Waals surface area contributed by atoms with Gasteiger partial charge in [-0.3, -0.25) is 9.89 Å². The summed E-state index contributed by atoms with van der Waals surface area (Å²) in [6, 6.07) is 8.57. The number of rotatable bonds is 6. The van der Waals surface area contributed by atoms with Gasteiger partial charge in [-0.1, -0.05) is 0 Å². The fourth-order valence-corrected chi connectivity index (χ4v) is 4.68. The van der Waals surface area contributed by atoms with Crippen LogP contribution in [0.3, 0.4) is 0 Å². The molecule has 4 rings (SSSR count). The Labute approximate surface area is 185 Å². The van der Waals surface area contributed by atoms with Gasteiger partial charge in [-0.2, -0.15) is 0 Å². The summed E-state index contributed by atoms with van der Waals surface area (Å²) in [6.07, 6.45) is 3.45. The van der Waals surface area contributed by atoms with E-state index in [0.717, 1.165) is 68.1 Å². The lowest BCUT2D eigenvalue weighted by molar-refractivity contribution is 0.211. The van der Waals surface area contributed by atoms with Gasteiger partial charge in [0.05, 0.1) is 20.3 Å². The number of benzene rings is 1. The standard InChI is InChI=1S/C24H34N4O3/c1-17-7-8-21(31-17)20(27-10-5-6-11-27)15-26-24(25-2)28-12-9-18-13-22(29-3)23(30-4)14-19(18)16-28/h7-8,13-14,20H,5-6,9-12,15-16H2,1-4H3,(H,25,26). The van der Waals surface area contributed by atoms with Crippen LogP contribution in [-0.2, 0) is 13.0 Å². The molecule has 7 nitrogen and oxygen atoms in total. The molecule has 2 aliphatic rings. The van der Waals surface area contributed by atoms with Crippen molar-refractivity contribution in [2.45, 2.75) is 38.8 Å². The molecule has 2 aliphatic heterocycles. The average molecular weight is 427 g/mol. The van der Waals surface area contributed by atoms with Crippen molar-refractivity contribution < 1.29 is 13.9 Å². The van der Waals surface area contributed by atoms with Crippen LogP contribution < -0.4 is 14.8 Å². The zero-order valence-electron chi connectivity index (χ0n) is 19.1. The van der Waals surface area contributed by atoms with E-state index in [1.807, 2.05) is 14.0 Å². The van der Waals surface area contributed by atoms with E-state index in [1.54, 1.807) is 14.2 Å². The molecule has 1 atom stereocenters. The highest BCUT2D eigenvalue weighted by Crippen LogP contribution is 2.33. The molecular weight excluding hydrogens is 392 g/mol. The molecule has 0 aliphatic carbocycles. The lowest BCUT2D eigenvalue weighted by Gasteiger charge is -2.33. The second-order valence-electron chi connectivity index (χ2n) is 8.28. The summed E-state index contributed by atoms with van der Waals surface area (Å²) in [7, 11) is 5.22. The number of nitrogens with zero attached hydrogens (tertiary/aromatic N) is 3. The van der Waals surface area contributed by atoms with Crippen LogP contribution in [0.2, 0.25) is 0 Å². The minimum Gasteiger partial charge on any atom is -0.493 e. The van der Waals surface area contributed by atoms with Crippen molar-refractivity contribution in [3.8, 4) is 11.5 Å². The van der Waals surface area contributed by atoms with E-state index in [9.17, 15) is 0 Å². The first-order valence-corrected chi connectivity index (χ1v) is 11.1. The van der Waals surface area contributed by atoms with Gasteiger partial charge < -0.3 is 24.1 Å². The molecule has 0 radical (unpaired) electrons. The van der Waals surface area contributed by atoms with E-state index in [4.69, 9.17) is 13.9 Å². The predicted molar refractivity (Wildman–Crippen MR) is 122 cm³/mol. The molecule has 1 unspecified atom stereocenters. The Morgan fingerprint density at radius 3 is 2.42 bits per heavy atom. The lowest BCUT2D eigenvalue weighted by Crippen LogP contribution is -2.46. The highest BCUT2D eigenvalue weighted by atomic mass is 16.5. The zero-order valence-corrected chi connectivity index (χ0v) is 19.1. The lowest BCUT2D eigenvalue weighted by atomic mass is 9.99. The topological polar surface area (TPSA) is 62.5 Å². The molecule has 31 heavy (non-hydrogen) atoms. The molecule has 168 valence electrons. The maximum atomic E-state index is 6.00. The monoisotopic (exact) mass is 426 g/mol. The van der Waals surface area contributed by atoms with Crippen LogP contribution in [0.15, 0.2) is 33.7 Å². The Hall–Kier alpha value is -2.67. The summed E-state index contributed by atoms with van der Waals surface area (Å²) < 4.78 is 17.0. The molecule has 1 N–H and O–H groups in total. The molecule has 3 heterocycles. The van der Waals surface area contributed by atoms with Crippen LogP contribution in [0.1, 0.15) is 41.5 Å². The van der Waals surface area contributed by atoms with Gasteiger partial charge in [-0.25, -0.2) is 0 Å². The summed E-state index contributed by atoms with van der Waals surface area (Å²) in [4.78, 5) is 9.41. The third-order valence-corrected chi connectivity index (χ3v) is 6.35. The van der Waals surface area contributed by atoms with Gasteiger partial charge in [0, 0.05) is 26.7 Å². The minimum atomic E-state index is 0.217. The summed E-state index contributed by atoms with van der Waals surface area (Å²) in [5, 5.41) is 3.62. The third kappa shape index (κ3) is 4.66. The van der Waals surface area contributed by atoms with E-state index in [2.05, 4.69) is 44.4 Å². The van der Waals surface area contributed by atoms with Gasteiger partial charge in [-0.15, -0.1) is 0 Å². The summed E-state index contributed by atoms with van der Waals surface area (Å²) in [6.45, 7) is 6.72. The van der Waals surface area contributed by atoms with Crippen LogP contribution in [0.5, 0.6) is 11.5 Å². The molecule has 0 amide bonds. The van der Waals surface area contributed by atoms with Gasteiger partial charge in [-0.05, 0) is 74.7 Å². The van der Waals surface area contributed by atoms with Gasteiger partial charge in [0.15, 0.2) is 17.5 Å². The number of aliphatic imine (C=N–C) groups is 1. The Morgan fingerprint density at radius 2 is 1.81 bits per heavy atom. The van der Waals surface area contributed by atoms with Crippen LogP contribution in [0, 0.1) is 6.92 Å². The summed E-state index contributed by atoms with van der Waals surface area (Å²) >= 11 is 0. The Balaban J connectivity index is 1.46. The summed E-state index contributed by atoms with van der Waals surface area (Å²) in [5.41, 5.74) is 2.56. The largest absolute Gasteiger partial charge is 0.493 e. The van der Waals surface area contributed by atoms with Crippen molar-refractivity contribution in [2.24, 2.45) is 4.99 Å². The van der Waals surface area contributed by atoms with Crippen LogP contribution in [0.25, 0.3) is 0 Å². The van der Waals surface area contributed by atoms with Gasteiger partial charge in [0.1, 0.15) is 11.5 Å².